The molecular formula is C15H18ClN5O2. The highest BCUT2D eigenvalue weighted by molar-refractivity contribution is 6.29. The molecule has 0 radical (unpaired) electrons. The summed E-state index contributed by atoms with van der Waals surface area (Å²) in [5.41, 5.74) is 0. The largest absolute Gasteiger partial charge is 0.457 e. The summed E-state index contributed by atoms with van der Waals surface area (Å²) in [6, 6.07) is 0. The molecule has 0 unspecified atom stereocenters. The van der Waals surface area contributed by atoms with Crippen molar-refractivity contribution < 1.29 is 9.53 Å². The van der Waals surface area contributed by atoms with Gasteiger partial charge in [0.15, 0.2) is 0 Å². The molecule has 23 heavy (non-hydrogen) atoms. The standard InChI is InChI=1S/C15H18ClN5O2/c1-20-12(16)8-19-14(20)10-23-15(22)11-2-6-21(7-3-11)13-9-17-4-5-18-13/h4-5,8-9,11H,2-3,6-7,10H2,1H3. The van der Waals surface area contributed by atoms with Crippen molar-refractivity contribution >= 4 is 23.4 Å². The fraction of sp³-hybridized carbons (Fsp3) is 0.467. The number of ether oxygens (including phenoxy) is 1. The maximum Gasteiger partial charge on any atom is 0.309 e. The SMILES string of the molecule is Cn1c(Cl)cnc1COC(=O)C1CCN(c2cnccn2)CC1. The van der Waals surface area contributed by atoms with Crippen LogP contribution in [-0.2, 0) is 23.2 Å². The minimum atomic E-state index is -0.178. The zero-order valence-corrected chi connectivity index (χ0v) is 13.6. The Kier molecular flexibility index (Phi) is 4.76. The first-order valence-electron chi connectivity index (χ1n) is 7.49. The van der Waals surface area contributed by atoms with Gasteiger partial charge in [-0.1, -0.05) is 11.6 Å². The Labute approximate surface area is 139 Å². The lowest BCUT2D eigenvalue weighted by Gasteiger charge is -2.31. The Balaban J connectivity index is 1.49. The van der Waals surface area contributed by atoms with Gasteiger partial charge < -0.3 is 14.2 Å². The summed E-state index contributed by atoms with van der Waals surface area (Å²) in [7, 11) is 1.79. The van der Waals surface area contributed by atoms with Crippen molar-refractivity contribution in [2.24, 2.45) is 13.0 Å². The number of piperidine rings is 1. The van der Waals surface area contributed by atoms with Gasteiger partial charge in [-0.15, -0.1) is 0 Å². The lowest BCUT2D eigenvalue weighted by atomic mass is 9.97. The van der Waals surface area contributed by atoms with Gasteiger partial charge in [0.25, 0.3) is 0 Å². The fourth-order valence-corrected chi connectivity index (χ4v) is 2.76. The third-order valence-corrected chi connectivity index (χ3v) is 4.42. The summed E-state index contributed by atoms with van der Waals surface area (Å²) < 4.78 is 7.08. The van der Waals surface area contributed by atoms with Crippen LogP contribution in [0.1, 0.15) is 18.7 Å². The number of halogens is 1. The minimum Gasteiger partial charge on any atom is -0.457 e. The smallest absolute Gasteiger partial charge is 0.309 e. The van der Waals surface area contributed by atoms with Crippen LogP contribution >= 0.6 is 11.6 Å². The number of esters is 1. The molecule has 0 N–H and O–H groups in total. The van der Waals surface area contributed by atoms with Crippen LogP contribution in [0.25, 0.3) is 0 Å². The van der Waals surface area contributed by atoms with Crippen LogP contribution in [0.2, 0.25) is 5.15 Å². The first-order valence-corrected chi connectivity index (χ1v) is 7.86. The third kappa shape index (κ3) is 3.61. The first-order chi connectivity index (χ1) is 11.1. The molecule has 0 atom stereocenters. The number of rotatable bonds is 4. The number of carbonyl (C=O) groups excluding carboxylic acids is 1. The van der Waals surface area contributed by atoms with E-state index >= 15 is 0 Å². The summed E-state index contributed by atoms with van der Waals surface area (Å²) in [6.07, 6.45) is 8.10. The van der Waals surface area contributed by atoms with E-state index in [1.54, 1.807) is 36.4 Å². The van der Waals surface area contributed by atoms with Gasteiger partial charge in [0.1, 0.15) is 23.4 Å². The topological polar surface area (TPSA) is 73.1 Å². The average Bonchev–Trinajstić information content (AvgIpc) is 2.92. The van der Waals surface area contributed by atoms with Crippen molar-refractivity contribution in [1.82, 2.24) is 19.5 Å². The average molecular weight is 336 g/mol. The molecule has 2 aromatic rings. The molecular weight excluding hydrogens is 318 g/mol. The van der Waals surface area contributed by atoms with Crippen LogP contribution in [0.3, 0.4) is 0 Å². The molecule has 8 heteroatoms. The van der Waals surface area contributed by atoms with E-state index < -0.39 is 0 Å². The van der Waals surface area contributed by atoms with Gasteiger partial charge in [-0.2, -0.15) is 0 Å². The Morgan fingerprint density at radius 3 is 2.70 bits per heavy atom. The van der Waals surface area contributed by atoms with Crippen LogP contribution in [0, 0.1) is 5.92 Å². The normalized spacial score (nSPS) is 15.7. The Morgan fingerprint density at radius 2 is 2.09 bits per heavy atom. The molecule has 1 fully saturated rings. The van der Waals surface area contributed by atoms with E-state index in [0.717, 1.165) is 31.7 Å². The molecule has 1 aliphatic rings. The Morgan fingerprint density at radius 1 is 1.30 bits per heavy atom. The van der Waals surface area contributed by atoms with E-state index in [0.29, 0.717) is 11.0 Å². The molecule has 2 aromatic heterocycles. The van der Waals surface area contributed by atoms with E-state index in [1.165, 1.54) is 0 Å². The van der Waals surface area contributed by atoms with Crippen molar-refractivity contribution in [3.05, 3.63) is 35.8 Å². The van der Waals surface area contributed by atoms with Crippen molar-refractivity contribution in [2.75, 3.05) is 18.0 Å². The number of nitrogens with zero attached hydrogens (tertiary/aromatic N) is 5. The summed E-state index contributed by atoms with van der Waals surface area (Å²) in [6.45, 7) is 1.69. The number of hydrogen-bond donors (Lipinski definition) is 0. The van der Waals surface area contributed by atoms with Gasteiger partial charge in [0.05, 0.1) is 18.3 Å². The van der Waals surface area contributed by atoms with Crippen LogP contribution in [0.5, 0.6) is 0 Å². The number of anilines is 1. The number of hydrogen-bond acceptors (Lipinski definition) is 6. The van der Waals surface area contributed by atoms with Crippen LogP contribution in [0.15, 0.2) is 24.8 Å². The predicted octanol–water partition coefficient (Wildman–Crippen LogP) is 1.82. The summed E-state index contributed by atoms with van der Waals surface area (Å²) in [5, 5.41) is 0.522. The van der Waals surface area contributed by atoms with Gasteiger partial charge in [0, 0.05) is 32.5 Å². The molecule has 3 rings (SSSR count). The molecule has 1 saturated heterocycles. The molecule has 0 amide bonds. The highest BCUT2D eigenvalue weighted by Crippen LogP contribution is 2.22. The fourth-order valence-electron chi connectivity index (χ4n) is 2.61. The van der Waals surface area contributed by atoms with Crippen LogP contribution < -0.4 is 4.90 Å². The van der Waals surface area contributed by atoms with Crippen molar-refractivity contribution in [3.63, 3.8) is 0 Å². The number of aromatic nitrogens is 4. The molecule has 3 heterocycles. The lowest BCUT2D eigenvalue weighted by Crippen LogP contribution is -2.37. The zero-order valence-electron chi connectivity index (χ0n) is 12.9. The Hall–Kier alpha value is -2.15. The third-order valence-electron chi connectivity index (χ3n) is 4.07. The monoisotopic (exact) mass is 335 g/mol. The van der Waals surface area contributed by atoms with E-state index in [4.69, 9.17) is 16.3 Å². The van der Waals surface area contributed by atoms with E-state index in [1.807, 2.05) is 0 Å². The lowest BCUT2D eigenvalue weighted by molar-refractivity contribution is -0.150. The summed E-state index contributed by atoms with van der Waals surface area (Å²) in [5.74, 6) is 1.23. The predicted molar refractivity (Wildman–Crippen MR) is 85.0 cm³/mol. The van der Waals surface area contributed by atoms with Gasteiger partial charge >= 0.3 is 5.97 Å². The molecule has 0 bridgehead atoms. The van der Waals surface area contributed by atoms with Gasteiger partial charge in [-0.25, -0.2) is 9.97 Å². The number of imidazole rings is 1. The van der Waals surface area contributed by atoms with Gasteiger partial charge in [0.2, 0.25) is 0 Å². The minimum absolute atomic E-state index is 0.0846. The van der Waals surface area contributed by atoms with Crippen molar-refractivity contribution in [1.29, 1.82) is 0 Å². The second kappa shape index (κ2) is 6.95. The molecule has 1 aliphatic heterocycles. The summed E-state index contributed by atoms with van der Waals surface area (Å²) in [4.78, 5) is 26.8. The van der Waals surface area contributed by atoms with Gasteiger partial charge in [-0.05, 0) is 12.8 Å². The second-order valence-corrected chi connectivity index (χ2v) is 5.88. The molecule has 0 aliphatic carbocycles. The zero-order chi connectivity index (χ0) is 16.2. The van der Waals surface area contributed by atoms with E-state index in [9.17, 15) is 4.79 Å². The highest BCUT2D eigenvalue weighted by Gasteiger charge is 2.27. The quantitative estimate of drug-likeness (QED) is 0.794. The van der Waals surface area contributed by atoms with Crippen LogP contribution in [-0.4, -0.2) is 38.6 Å². The molecule has 0 aromatic carbocycles. The van der Waals surface area contributed by atoms with Crippen LogP contribution in [0.4, 0.5) is 5.82 Å². The van der Waals surface area contributed by atoms with E-state index in [2.05, 4.69) is 19.9 Å². The summed E-state index contributed by atoms with van der Waals surface area (Å²) >= 11 is 5.91. The second-order valence-electron chi connectivity index (χ2n) is 5.49. The maximum atomic E-state index is 12.2. The van der Waals surface area contributed by atoms with Crippen molar-refractivity contribution in [3.8, 4) is 0 Å². The van der Waals surface area contributed by atoms with E-state index in [-0.39, 0.29) is 18.5 Å². The highest BCUT2D eigenvalue weighted by atomic mass is 35.5. The Bertz CT molecular complexity index is 668. The maximum absolute atomic E-state index is 12.2. The molecule has 0 spiro atoms. The molecule has 0 saturated carbocycles. The first kappa shape index (κ1) is 15.7. The number of carbonyl (C=O) groups is 1. The van der Waals surface area contributed by atoms with Crippen molar-refractivity contribution in [2.45, 2.75) is 19.4 Å². The molecule has 122 valence electrons. The molecule has 7 nitrogen and oxygen atoms in total. The van der Waals surface area contributed by atoms with Gasteiger partial charge in [-0.3, -0.25) is 9.78 Å².